The van der Waals surface area contributed by atoms with Crippen LogP contribution in [0.3, 0.4) is 0 Å². The van der Waals surface area contributed by atoms with Crippen LogP contribution in [-0.2, 0) is 9.59 Å². The van der Waals surface area contributed by atoms with Crippen LogP contribution < -0.4 is 34.7 Å². The van der Waals surface area contributed by atoms with Crippen molar-refractivity contribution in [3.05, 3.63) is 0 Å². The summed E-state index contributed by atoms with van der Waals surface area (Å²) in [6.45, 7) is 2.77. The number of hydrogen-bond donors (Lipinski definition) is 0. The quantitative estimate of drug-likeness (QED) is 0.399. The third kappa shape index (κ3) is 7.09. The van der Waals surface area contributed by atoms with Crippen LogP contribution in [0.2, 0.25) is 0 Å². The second-order valence-corrected chi connectivity index (χ2v) is 5.44. The summed E-state index contributed by atoms with van der Waals surface area (Å²) < 4.78 is 0. The number of hydrogen-bond acceptors (Lipinski definition) is 3. The largest absolute Gasteiger partial charge is 1.00 e. The molecule has 1 saturated heterocycles. The Hall–Kier alpha value is -0.0600. The Morgan fingerprint density at radius 1 is 1.10 bits per heavy atom. The molecule has 0 bridgehead atoms. The standard InChI is InChI=1S/C15H27NO3.Na/c1-2-3-4-5-6-7-8-11-14(17)16-12-9-10-13(16)15(18)19;/h13H,2-12H2,1H3,(H,18,19);/q;+1/p-1/t13-;/m0./s1. The molecule has 0 aromatic carbocycles. The van der Waals surface area contributed by atoms with Gasteiger partial charge in [-0.2, -0.15) is 0 Å². The van der Waals surface area contributed by atoms with Crippen LogP contribution in [0.15, 0.2) is 0 Å². The molecule has 110 valence electrons. The summed E-state index contributed by atoms with van der Waals surface area (Å²) in [6.07, 6.45) is 10.00. The number of unbranched alkanes of at least 4 members (excludes halogenated alkanes) is 6. The molecule has 0 N–H and O–H groups in total. The van der Waals surface area contributed by atoms with E-state index in [0.717, 1.165) is 19.3 Å². The van der Waals surface area contributed by atoms with Gasteiger partial charge in [-0.3, -0.25) is 4.79 Å². The zero-order valence-electron chi connectivity index (χ0n) is 13.0. The normalized spacial score (nSPS) is 17.9. The second kappa shape index (κ2) is 11.6. The van der Waals surface area contributed by atoms with E-state index in [9.17, 15) is 14.7 Å². The molecule has 0 aromatic heterocycles. The monoisotopic (exact) mass is 291 g/mol. The minimum absolute atomic E-state index is 0. The number of aliphatic carboxylic acids is 1. The Kier molecular flexibility index (Phi) is 11.5. The van der Waals surface area contributed by atoms with E-state index in [2.05, 4.69) is 6.92 Å². The molecule has 0 radical (unpaired) electrons. The van der Waals surface area contributed by atoms with E-state index in [1.54, 1.807) is 0 Å². The number of rotatable bonds is 9. The Bertz CT molecular complexity index is 297. The molecule has 1 aliphatic heterocycles. The summed E-state index contributed by atoms with van der Waals surface area (Å²) in [5.74, 6) is -1.12. The third-order valence-electron chi connectivity index (χ3n) is 3.84. The number of amides is 1. The average Bonchev–Trinajstić information content (AvgIpc) is 2.87. The fraction of sp³-hybridized carbons (Fsp3) is 0.867. The van der Waals surface area contributed by atoms with Gasteiger partial charge in [-0.15, -0.1) is 0 Å². The summed E-state index contributed by atoms with van der Waals surface area (Å²) in [5.41, 5.74) is 0. The Balaban J connectivity index is 0.00000361. The van der Waals surface area contributed by atoms with Crippen LogP contribution in [0.5, 0.6) is 0 Å². The molecule has 0 spiro atoms. The van der Waals surface area contributed by atoms with Gasteiger partial charge in [0.1, 0.15) is 0 Å². The number of carbonyl (C=O) groups is 2. The summed E-state index contributed by atoms with van der Waals surface area (Å²) in [4.78, 5) is 24.3. The molecule has 1 rings (SSSR count). The molecule has 5 heteroatoms. The van der Waals surface area contributed by atoms with Crippen molar-refractivity contribution in [3.8, 4) is 0 Å². The van der Waals surface area contributed by atoms with Gasteiger partial charge in [0.15, 0.2) is 0 Å². The summed E-state index contributed by atoms with van der Waals surface area (Å²) >= 11 is 0. The van der Waals surface area contributed by atoms with Crippen molar-refractivity contribution in [2.24, 2.45) is 0 Å². The van der Waals surface area contributed by atoms with Gasteiger partial charge >= 0.3 is 29.6 Å². The van der Waals surface area contributed by atoms with Gasteiger partial charge in [-0.1, -0.05) is 45.4 Å². The molecule has 1 heterocycles. The first kappa shape index (κ1) is 19.9. The predicted molar refractivity (Wildman–Crippen MR) is 72.4 cm³/mol. The average molecular weight is 291 g/mol. The maximum atomic E-state index is 11.9. The Labute approximate surface area is 144 Å². The van der Waals surface area contributed by atoms with Gasteiger partial charge in [0.25, 0.3) is 0 Å². The van der Waals surface area contributed by atoms with E-state index in [4.69, 9.17) is 0 Å². The van der Waals surface area contributed by atoms with Gasteiger partial charge in [0, 0.05) is 13.0 Å². The molecule has 4 nitrogen and oxygen atoms in total. The van der Waals surface area contributed by atoms with Gasteiger partial charge < -0.3 is 14.8 Å². The van der Waals surface area contributed by atoms with Gasteiger partial charge in [-0.05, 0) is 19.3 Å². The van der Waals surface area contributed by atoms with E-state index in [1.807, 2.05) is 0 Å². The molecule has 1 atom stereocenters. The molecule has 20 heavy (non-hydrogen) atoms. The predicted octanol–water partition coefficient (Wildman–Crippen LogP) is -1.13. The van der Waals surface area contributed by atoms with Crippen molar-refractivity contribution in [3.63, 3.8) is 0 Å². The minimum atomic E-state index is -1.11. The molecule has 0 saturated carbocycles. The topological polar surface area (TPSA) is 60.4 Å². The number of carbonyl (C=O) groups excluding carboxylic acids is 2. The first-order valence-electron chi connectivity index (χ1n) is 7.67. The van der Waals surface area contributed by atoms with E-state index < -0.39 is 12.0 Å². The van der Waals surface area contributed by atoms with Crippen LogP contribution in [-0.4, -0.2) is 29.4 Å². The molecule has 1 fully saturated rings. The molecule has 0 unspecified atom stereocenters. The number of nitrogens with zero attached hydrogens (tertiary/aromatic N) is 1. The summed E-state index contributed by atoms with van der Waals surface area (Å²) in [5, 5.41) is 10.9. The molecule has 0 aromatic rings. The van der Waals surface area contributed by atoms with Crippen LogP contribution in [0.1, 0.15) is 71.1 Å². The van der Waals surface area contributed by atoms with Crippen molar-refractivity contribution in [2.75, 3.05) is 6.54 Å². The Morgan fingerprint density at radius 2 is 1.70 bits per heavy atom. The SMILES string of the molecule is CCCCCCCCCC(=O)N1CCC[C@H]1C(=O)[O-].[Na+]. The molecule has 1 amide bonds. The third-order valence-corrected chi connectivity index (χ3v) is 3.84. The molecular formula is C15H26NNaO3. The number of carboxylic acid groups (broad SMARTS) is 1. The van der Waals surface area contributed by atoms with Gasteiger partial charge in [-0.25, -0.2) is 0 Å². The molecule has 0 aliphatic carbocycles. The fourth-order valence-electron chi connectivity index (χ4n) is 2.69. The van der Waals surface area contributed by atoms with E-state index >= 15 is 0 Å². The van der Waals surface area contributed by atoms with Crippen molar-refractivity contribution in [1.29, 1.82) is 0 Å². The summed E-state index contributed by atoms with van der Waals surface area (Å²) in [7, 11) is 0. The zero-order valence-corrected chi connectivity index (χ0v) is 15.0. The maximum Gasteiger partial charge on any atom is 1.00 e. The van der Waals surface area contributed by atoms with Crippen molar-refractivity contribution in [1.82, 2.24) is 4.90 Å². The maximum absolute atomic E-state index is 11.9. The first-order valence-corrected chi connectivity index (χ1v) is 7.67. The van der Waals surface area contributed by atoms with Crippen LogP contribution in [0.4, 0.5) is 0 Å². The molecule has 1 aliphatic rings. The van der Waals surface area contributed by atoms with Crippen LogP contribution in [0, 0.1) is 0 Å². The first-order chi connectivity index (χ1) is 9.16. The second-order valence-electron chi connectivity index (χ2n) is 5.44. The van der Waals surface area contributed by atoms with Gasteiger partial charge in [0.05, 0.1) is 12.0 Å². The summed E-state index contributed by atoms with van der Waals surface area (Å²) in [6, 6.07) is -0.683. The van der Waals surface area contributed by atoms with Gasteiger partial charge in [0.2, 0.25) is 5.91 Å². The number of carboxylic acids is 1. The number of likely N-dealkylation sites (tertiary alicyclic amines) is 1. The van der Waals surface area contributed by atoms with Crippen molar-refractivity contribution < 1.29 is 44.3 Å². The van der Waals surface area contributed by atoms with Crippen molar-refractivity contribution in [2.45, 2.75) is 77.2 Å². The van der Waals surface area contributed by atoms with Crippen molar-refractivity contribution >= 4 is 11.9 Å². The smallest absolute Gasteiger partial charge is 0.548 e. The van der Waals surface area contributed by atoms with Crippen LogP contribution >= 0.6 is 0 Å². The Morgan fingerprint density at radius 3 is 2.30 bits per heavy atom. The molecular weight excluding hydrogens is 265 g/mol. The van der Waals surface area contributed by atoms with E-state index in [-0.39, 0.29) is 35.5 Å². The minimum Gasteiger partial charge on any atom is -0.548 e. The fourth-order valence-corrected chi connectivity index (χ4v) is 2.69. The van der Waals surface area contributed by atoms with E-state index in [0.29, 0.717) is 19.4 Å². The van der Waals surface area contributed by atoms with Crippen LogP contribution in [0.25, 0.3) is 0 Å². The zero-order chi connectivity index (χ0) is 14.1. The van der Waals surface area contributed by atoms with E-state index in [1.165, 1.54) is 37.0 Å².